The van der Waals surface area contributed by atoms with E-state index < -0.39 is 0 Å². The van der Waals surface area contributed by atoms with Gasteiger partial charge in [0.2, 0.25) is 0 Å². The Morgan fingerprint density at radius 2 is 1.83 bits per heavy atom. The van der Waals surface area contributed by atoms with Gasteiger partial charge < -0.3 is 10.4 Å². The maximum absolute atomic E-state index is 13.2. The van der Waals surface area contributed by atoms with Crippen molar-refractivity contribution >= 4 is 17.6 Å². The number of pyridine rings is 1. The number of nitrogens with zero attached hydrogens (tertiary/aromatic N) is 2. The third-order valence-electron chi connectivity index (χ3n) is 3.76. The van der Waals surface area contributed by atoms with Crippen LogP contribution in [0.15, 0.2) is 53.8 Å². The van der Waals surface area contributed by atoms with Crippen LogP contribution >= 0.6 is 0 Å². The van der Waals surface area contributed by atoms with Gasteiger partial charge in [0, 0.05) is 35.8 Å². The lowest BCUT2D eigenvalue weighted by atomic mass is 10.0. The second-order valence-electron chi connectivity index (χ2n) is 5.38. The third kappa shape index (κ3) is 3.63. The number of halogens is 1. The average Bonchev–Trinajstić information content (AvgIpc) is 2.57. The van der Waals surface area contributed by atoms with Crippen LogP contribution in [0.5, 0.6) is 0 Å². The van der Waals surface area contributed by atoms with E-state index in [9.17, 15) is 9.50 Å². The highest BCUT2D eigenvalue weighted by molar-refractivity contribution is 5.92. The van der Waals surface area contributed by atoms with Gasteiger partial charge in [0.05, 0.1) is 18.0 Å². The van der Waals surface area contributed by atoms with E-state index in [1.807, 2.05) is 18.3 Å². The highest BCUT2D eigenvalue weighted by Gasteiger charge is 2.17. The first-order chi connectivity index (χ1) is 11.3. The van der Waals surface area contributed by atoms with Crippen LogP contribution in [0.3, 0.4) is 0 Å². The van der Waals surface area contributed by atoms with Crippen molar-refractivity contribution in [2.45, 2.75) is 18.9 Å². The quantitative estimate of drug-likeness (QED) is 0.916. The standard InChI is InChI=1S/C18H18FN3O/c19-15-5-3-13(4-6-15)17-18(14-7-10-20-11-8-14)22-16(12-23)2-1-9-21-17/h3-11,16,22-23H,1-2,12H2/b18-17-,21-9?/t16-/m0/s1. The normalized spacial score (nSPS) is 21.4. The molecule has 0 unspecified atom stereocenters. The zero-order valence-corrected chi connectivity index (χ0v) is 12.6. The summed E-state index contributed by atoms with van der Waals surface area (Å²) in [4.78, 5) is 8.62. The Hall–Kier alpha value is -2.53. The molecule has 3 rings (SSSR count). The van der Waals surface area contributed by atoms with E-state index in [1.54, 1.807) is 24.5 Å². The molecule has 1 aromatic carbocycles. The summed E-state index contributed by atoms with van der Waals surface area (Å²) in [7, 11) is 0. The zero-order valence-electron chi connectivity index (χ0n) is 12.6. The van der Waals surface area contributed by atoms with E-state index in [2.05, 4.69) is 15.3 Å². The van der Waals surface area contributed by atoms with E-state index in [0.717, 1.165) is 35.4 Å². The van der Waals surface area contributed by atoms with E-state index in [4.69, 9.17) is 0 Å². The number of aliphatic hydroxyl groups is 1. The first kappa shape index (κ1) is 15.4. The molecule has 1 aliphatic rings. The molecule has 2 N–H and O–H groups in total. The molecule has 2 heterocycles. The smallest absolute Gasteiger partial charge is 0.123 e. The minimum absolute atomic E-state index is 0.0408. The van der Waals surface area contributed by atoms with Crippen molar-refractivity contribution in [1.82, 2.24) is 10.3 Å². The molecule has 5 heteroatoms. The van der Waals surface area contributed by atoms with Crippen LogP contribution < -0.4 is 5.32 Å². The van der Waals surface area contributed by atoms with Crippen LogP contribution in [0.25, 0.3) is 11.4 Å². The van der Waals surface area contributed by atoms with Gasteiger partial charge >= 0.3 is 0 Å². The van der Waals surface area contributed by atoms with E-state index in [0.29, 0.717) is 0 Å². The number of aliphatic hydroxyl groups excluding tert-OH is 1. The zero-order chi connectivity index (χ0) is 16.1. The second kappa shape index (κ2) is 7.15. The maximum Gasteiger partial charge on any atom is 0.123 e. The topological polar surface area (TPSA) is 57.5 Å². The Morgan fingerprint density at radius 1 is 1.09 bits per heavy atom. The largest absolute Gasteiger partial charge is 0.394 e. The molecular weight excluding hydrogens is 293 g/mol. The van der Waals surface area contributed by atoms with Gasteiger partial charge in [-0.2, -0.15) is 0 Å². The summed E-state index contributed by atoms with van der Waals surface area (Å²) in [6.45, 7) is 0.0408. The van der Waals surface area contributed by atoms with Crippen LogP contribution in [0.4, 0.5) is 4.39 Å². The Kier molecular flexibility index (Phi) is 4.78. The van der Waals surface area contributed by atoms with Crippen molar-refractivity contribution in [2.24, 2.45) is 4.99 Å². The van der Waals surface area contributed by atoms with Crippen molar-refractivity contribution < 1.29 is 9.50 Å². The molecule has 0 aliphatic carbocycles. The van der Waals surface area contributed by atoms with Crippen LogP contribution in [0.2, 0.25) is 0 Å². The average molecular weight is 311 g/mol. The summed E-state index contributed by atoms with van der Waals surface area (Å²) in [5.74, 6) is -0.282. The summed E-state index contributed by atoms with van der Waals surface area (Å²) in [5.41, 5.74) is 3.29. The second-order valence-corrected chi connectivity index (χ2v) is 5.38. The summed E-state index contributed by atoms with van der Waals surface area (Å²) in [6.07, 6.45) is 6.84. The summed E-state index contributed by atoms with van der Waals surface area (Å²) < 4.78 is 13.2. The third-order valence-corrected chi connectivity index (χ3v) is 3.76. The lowest BCUT2D eigenvalue weighted by Crippen LogP contribution is -2.32. The lowest BCUT2D eigenvalue weighted by molar-refractivity contribution is 0.249. The molecule has 23 heavy (non-hydrogen) atoms. The van der Waals surface area contributed by atoms with Gasteiger partial charge in [0.15, 0.2) is 0 Å². The minimum Gasteiger partial charge on any atom is -0.394 e. The molecule has 118 valence electrons. The van der Waals surface area contributed by atoms with Crippen molar-refractivity contribution in [2.75, 3.05) is 6.61 Å². The van der Waals surface area contributed by atoms with Crippen molar-refractivity contribution in [3.05, 3.63) is 65.7 Å². The molecule has 1 atom stereocenters. The number of aliphatic imine (C=N–C) groups is 1. The van der Waals surface area contributed by atoms with E-state index in [-0.39, 0.29) is 18.5 Å². The molecule has 0 amide bonds. The summed E-state index contributed by atoms with van der Waals surface area (Å²) in [6, 6.07) is 9.98. The Balaban J connectivity index is 2.14. The molecule has 2 aromatic rings. The molecule has 0 saturated carbocycles. The SMILES string of the molecule is OC[C@@H]1CCC=N/C(c2ccc(F)cc2)=C(/c2ccncc2)N1. The fourth-order valence-corrected chi connectivity index (χ4v) is 2.54. The number of nitrogens with one attached hydrogen (secondary N) is 1. The van der Waals surface area contributed by atoms with Crippen LogP contribution in [-0.4, -0.2) is 29.0 Å². The highest BCUT2D eigenvalue weighted by Crippen LogP contribution is 2.27. The fraction of sp³-hybridized carbons (Fsp3) is 0.222. The maximum atomic E-state index is 13.2. The molecular formula is C18H18FN3O. The van der Waals surface area contributed by atoms with Crippen LogP contribution in [0, 0.1) is 5.82 Å². The van der Waals surface area contributed by atoms with Crippen LogP contribution in [0.1, 0.15) is 24.0 Å². The van der Waals surface area contributed by atoms with Crippen LogP contribution in [-0.2, 0) is 0 Å². The lowest BCUT2D eigenvalue weighted by Gasteiger charge is -2.23. The number of hydrogen-bond donors (Lipinski definition) is 2. The Bertz CT molecular complexity index is 711. The minimum atomic E-state index is -0.282. The highest BCUT2D eigenvalue weighted by atomic mass is 19.1. The van der Waals surface area contributed by atoms with Gasteiger partial charge in [0.1, 0.15) is 5.82 Å². The summed E-state index contributed by atoms with van der Waals surface area (Å²) >= 11 is 0. The number of rotatable bonds is 3. The van der Waals surface area contributed by atoms with Gasteiger partial charge in [-0.1, -0.05) is 0 Å². The monoisotopic (exact) mass is 311 g/mol. The van der Waals surface area contributed by atoms with Gasteiger partial charge in [-0.25, -0.2) is 4.39 Å². The van der Waals surface area contributed by atoms with Gasteiger partial charge in [-0.05, 0) is 49.2 Å². The summed E-state index contributed by atoms with van der Waals surface area (Å²) in [5, 5.41) is 13.0. The predicted octanol–water partition coefficient (Wildman–Crippen LogP) is 2.86. The van der Waals surface area contributed by atoms with Gasteiger partial charge in [-0.15, -0.1) is 0 Å². The van der Waals surface area contributed by atoms with E-state index in [1.165, 1.54) is 12.1 Å². The van der Waals surface area contributed by atoms with Crippen molar-refractivity contribution in [3.63, 3.8) is 0 Å². The molecule has 0 bridgehead atoms. The molecule has 0 spiro atoms. The Morgan fingerprint density at radius 3 is 2.52 bits per heavy atom. The molecule has 0 fully saturated rings. The molecule has 1 aliphatic heterocycles. The Labute approximate surface area is 134 Å². The fourth-order valence-electron chi connectivity index (χ4n) is 2.54. The van der Waals surface area contributed by atoms with Crippen molar-refractivity contribution in [1.29, 1.82) is 0 Å². The number of aromatic nitrogens is 1. The molecule has 0 saturated heterocycles. The first-order valence-corrected chi connectivity index (χ1v) is 7.58. The van der Waals surface area contributed by atoms with Crippen molar-refractivity contribution in [3.8, 4) is 0 Å². The van der Waals surface area contributed by atoms with E-state index >= 15 is 0 Å². The first-order valence-electron chi connectivity index (χ1n) is 7.58. The van der Waals surface area contributed by atoms with Gasteiger partial charge in [0.25, 0.3) is 0 Å². The van der Waals surface area contributed by atoms with Gasteiger partial charge in [-0.3, -0.25) is 9.98 Å². The number of hydrogen-bond acceptors (Lipinski definition) is 4. The predicted molar refractivity (Wildman–Crippen MR) is 89.2 cm³/mol. The molecule has 0 radical (unpaired) electrons. The molecule has 1 aromatic heterocycles. The number of benzene rings is 1. The molecule has 4 nitrogen and oxygen atoms in total.